The number of carbonyl (C=O) groups excluding carboxylic acids is 2. The number of anilines is 1. The lowest BCUT2D eigenvalue weighted by Gasteiger charge is -2.32. The van der Waals surface area contributed by atoms with Crippen LogP contribution in [0, 0.1) is 5.92 Å². The van der Waals surface area contributed by atoms with Gasteiger partial charge in [0.15, 0.2) is 0 Å². The summed E-state index contributed by atoms with van der Waals surface area (Å²) in [6.07, 6.45) is 4.43. The lowest BCUT2D eigenvalue weighted by Crippen LogP contribution is -2.56. The maximum Gasteiger partial charge on any atom is 0.243 e. The maximum absolute atomic E-state index is 13.7. The first kappa shape index (κ1) is 29.7. The maximum atomic E-state index is 13.7. The summed E-state index contributed by atoms with van der Waals surface area (Å²) >= 11 is 0. The van der Waals surface area contributed by atoms with Crippen LogP contribution in [0.4, 0.5) is 5.69 Å². The van der Waals surface area contributed by atoms with E-state index in [-0.39, 0.29) is 17.7 Å². The van der Waals surface area contributed by atoms with Gasteiger partial charge < -0.3 is 20.3 Å². The molecule has 2 atom stereocenters. The van der Waals surface area contributed by atoms with E-state index in [0.29, 0.717) is 19.4 Å². The van der Waals surface area contributed by atoms with E-state index >= 15 is 0 Å². The van der Waals surface area contributed by atoms with Crippen LogP contribution in [0.1, 0.15) is 52.2 Å². The van der Waals surface area contributed by atoms with Crippen molar-refractivity contribution in [3.8, 4) is 5.75 Å². The van der Waals surface area contributed by atoms with Gasteiger partial charge in [-0.3, -0.25) is 14.6 Å². The fourth-order valence-corrected chi connectivity index (χ4v) is 4.28. The van der Waals surface area contributed by atoms with Crippen molar-refractivity contribution in [2.24, 2.45) is 5.92 Å². The third-order valence-corrected chi connectivity index (χ3v) is 6.28. The molecule has 3 rings (SSSR count). The van der Waals surface area contributed by atoms with E-state index in [4.69, 9.17) is 4.74 Å². The van der Waals surface area contributed by atoms with Crippen molar-refractivity contribution in [2.45, 2.75) is 71.7 Å². The van der Waals surface area contributed by atoms with Crippen LogP contribution < -0.4 is 20.3 Å². The van der Waals surface area contributed by atoms with Crippen LogP contribution in [0.5, 0.6) is 5.75 Å². The highest BCUT2D eigenvalue weighted by molar-refractivity contribution is 5.91. The Bertz CT molecular complexity index is 1180. The third kappa shape index (κ3) is 9.74. The topological polar surface area (TPSA) is 83.6 Å². The van der Waals surface area contributed by atoms with Gasteiger partial charge in [-0.15, -0.1) is 0 Å². The first-order chi connectivity index (χ1) is 18.5. The SMILES string of the molecule is CC(C)CC(C(=O)NC(Cc1ccc(OCc2ccccc2)cc1)C(=O)NC(C)(C)C)N(C)c1ccncc1. The van der Waals surface area contributed by atoms with Gasteiger partial charge in [-0.05, 0) is 68.5 Å². The number of ether oxygens (including phenoxy) is 1. The quantitative estimate of drug-likeness (QED) is 0.338. The normalized spacial score (nSPS) is 12.9. The Morgan fingerprint density at radius 2 is 1.54 bits per heavy atom. The molecule has 208 valence electrons. The molecule has 3 aromatic rings. The predicted octanol–water partition coefficient (Wildman–Crippen LogP) is 5.15. The number of carbonyl (C=O) groups is 2. The first-order valence-corrected chi connectivity index (χ1v) is 13.5. The highest BCUT2D eigenvalue weighted by atomic mass is 16.5. The van der Waals surface area contributed by atoms with Crippen molar-refractivity contribution in [3.05, 3.63) is 90.3 Å². The molecule has 2 aromatic carbocycles. The van der Waals surface area contributed by atoms with Gasteiger partial charge >= 0.3 is 0 Å². The van der Waals surface area contributed by atoms with E-state index < -0.39 is 17.6 Å². The van der Waals surface area contributed by atoms with E-state index in [2.05, 4.69) is 29.5 Å². The van der Waals surface area contributed by atoms with Crippen LogP contribution in [-0.2, 0) is 22.6 Å². The molecule has 0 aliphatic carbocycles. The number of hydrogen-bond donors (Lipinski definition) is 2. The Kier molecular flexibility index (Phi) is 10.5. The molecule has 0 saturated carbocycles. The van der Waals surface area contributed by atoms with E-state index in [1.165, 1.54) is 0 Å². The molecule has 0 fully saturated rings. The molecule has 1 heterocycles. The van der Waals surface area contributed by atoms with Crippen molar-refractivity contribution in [1.29, 1.82) is 0 Å². The zero-order chi connectivity index (χ0) is 28.4. The molecule has 0 bridgehead atoms. The number of amides is 2. The molecule has 7 heteroatoms. The standard InChI is InChI=1S/C32H42N4O3/c1-23(2)20-29(36(6)26-16-18-33-19-17-26)31(38)34-28(30(37)35-32(3,4)5)21-24-12-14-27(15-13-24)39-22-25-10-8-7-9-11-25/h7-19,23,28-29H,20-22H2,1-6H3,(H,34,38)(H,35,37). The van der Waals surface area contributed by atoms with Crippen molar-refractivity contribution >= 4 is 17.5 Å². The lowest BCUT2D eigenvalue weighted by molar-refractivity contribution is -0.130. The third-order valence-electron chi connectivity index (χ3n) is 6.28. The number of likely N-dealkylation sites (N-methyl/N-ethyl adjacent to an activating group) is 1. The highest BCUT2D eigenvalue weighted by Gasteiger charge is 2.30. The largest absolute Gasteiger partial charge is 0.489 e. The van der Waals surface area contributed by atoms with Crippen molar-refractivity contribution in [2.75, 3.05) is 11.9 Å². The van der Waals surface area contributed by atoms with Crippen LogP contribution in [0.15, 0.2) is 79.1 Å². The van der Waals surface area contributed by atoms with Gasteiger partial charge in [0.25, 0.3) is 0 Å². The summed E-state index contributed by atoms with van der Waals surface area (Å²) in [7, 11) is 1.90. The average molecular weight is 531 g/mol. The molecule has 0 aliphatic rings. The molecule has 2 unspecified atom stereocenters. The van der Waals surface area contributed by atoms with Gasteiger partial charge in [0.05, 0.1) is 0 Å². The number of aromatic nitrogens is 1. The number of nitrogens with one attached hydrogen (secondary N) is 2. The second kappa shape index (κ2) is 13.8. The number of nitrogens with zero attached hydrogens (tertiary/aromatic N) is 2. The van der Waals surface area contributed by atoms with Crippen molar-refractivity contribution < 1.29 is 14.3 Å². The minimum Gasteiger partial charge on any atom is -0.489 e. The van der Waals surface area contributed by atoms with Gasteiger partial charge in [-0.1, -0.05) is 56.3 Å². The summed E-state index contributed by atoms with van der Waals surface area (Å²) in [4.78, 5) is 33.0. The summed E-state index contributed by atoms with van der Waals surface area (Å²) < 4.78 is 5.91. The van der Waals surface area contributed by atoms with E-state index in [0.717, 1.165) is 22.6 Å². The first-order valence-electron chi connectivity index (χ1n) is 13.5. The minimum absolute atomic E-state index is 0.181. The monoisotopic (exact) mass is 530 g/mol. The van der Waals surface area contributed by atoms with Crippen LogP contribution in [0.25, 0.3) is 0 Å². The Hall–Kier alpha value is -3.87. The van der Waals surface area contributed by atoms with Crippen molar-refractivity contribution in [3.63, 3.8) is 0 Å². The Labute approximate surface area is 233 Å². The zero-order valence-electron chi connectivity index (χ0n) is 24.0. The number of rotatable bonds is 12. The van der Waals surface area contributed by atoms with Gasteiger partial charge in [-0.2, -0.15) is 0 Å². The Balaban J connectivity index is 1.75. The van der Waals surface area contributed by atoms with Gasteiger partial charge in [-0.25, -0.2) is 0 Å². The van der Waals surface area contributed by atoms with Crippen LogP contribution in [0.2, 0.25) is 0 Å². The molecule has 2 N–H and O–H groups in total. The summed E-state index contributed by atoms with van der Waals surface area (Å²) in [6.45, 7) is 10.5. The molecular weight excluding hydrogens is 488 g/mol. The van der Waals surface area contributed by atoms with E-state index in [1.807, 2.05) is 99.4 Å². The molecule has 1 aromatic heterocycles. The number of pyridine rings is 1. The summed E-state index contributed by atoms with van der Waals surface area (Å²) in [5.74, 6) is 0.642. The molecule has 39 heavy (non-hydrogen) atoms. The molecule has 7 nitrogen and oxygen atoms in total. The fraction of sp³-hybridized carbons (Fsp3) is 0.406. The van der Waals surface area contributed by atoms with Gasteiger partial charge in [0.2, 0.25) is 11.8 Å². The van der Waals surface area contributed by atoms with E-state index in [1.54, 1.807) is 12.4 Å². The molecule has 2 amide bonds. The lowest BCUT2D eigenvalue weighted by atomic mass is 9.99. The Morgan fingerprint density at radius 1 is 0.897 bits per heavy atom. The molecule has 0 radical (unpaired) electrons. The molecule has 0 spiro atoms. The second-order valence-corrected chi connectivity index (χ2v) is 11.4. The number of benzene rings is 2. The Morgan fingerprint density at radius 3 is 2.13 bits per heavy atom. The second-order valence-electron chi connectivity index (χ2n) is 11.4. The predicted molar refractivity (Wildman–Crippen MR) is 157 cm³/mol. The summed E-state index contributed by atoms with van der Waals surface area (Å²) in [5, 5.41) is 6.10. The summed E-state index contributed by atoms with van der Waals surface area (Å²) in [6, 6.07) is 20.3. The van der Waals surface area contributed by atoms with Gasteiger partial charge in [0.1, 0.15) is 24.4 Å². The zero-order valence-corrected chi connectivity index (χ0v) is 24.0. The van der Waals surface area contributed by atoms with Crippen LogP contribution >= 0.6 is 0 Å². The highest BCUT2D eigenvalue weighted by Crippen LogP contribution is 2.20. The smallest absolute Gasteiger partial charge is 0.243 e. The molecule has 0 aliphatic heterocycles. The number of hydrogen-bond acceptors (Lipinski definition) is 5. The fourth-order valence-electron chi connectivity index (χ4n) is 4.28. The van der Waals surface area contributed by atoms with Crippen LogP contribution in [0.3, 0.4) is 0 Å². The van der Waals surface area contributed by atoms with Crippen LogP contribution in [-0.4, -0.2) is 41.5 Å². The van der Waals surface area contributed by atoms with Gasteiger partial charge in [0, 0.05) is 37.1 Å². The minimum atomic E-state index is -0.728. The van der Waals surface area contributed by atoms with Crippen molar-refractivity contribution in [1.82, 2.24) is 15.6 Å². The average Bonchev–Trinajstić information content (AvgIpc) is 2.90. The molecule has 0 saturated heterocycles. The van der Waals surface area contributed by atoms with E-state index in [9.17, 15) is 9.59 Å². The molecular formula is C32H42N4O3. The summed E-state index contributed by atoms with van der Waals surface area (Å²) in [5.41, 5.74) is 2.49.